The predicted octanol–water partition coefficient (Wildman–Crippen LogP) is 5.59. The van der Waals surface area contributed by atoms with E-state index >= 15 is 0 Å². The number of anilines is 1. The average molecular weight is 395 g/mol. The van der Waals surface area contributed by atoms with Crippen molar-refractivity contribution in [1.29, 1.82) is 0 Å². The van der Waals surface area contributed by atoms with Gasteiger partial charge in [-0.25, -0.2) is 14.4 Å². The van der Waals surface area contributed by atoms with Gasteiger partial charge < -0.3 is 9.88 Å². The smallest absolute Gasteiger partial charge is 0.130 e. The Kier molecular flexibility index (Phi) is 5.13. The molecule has 3 aromatic heterocycles. The number of rotatable bonds is 6. The average Bonchev–Trinajstić information content (AvgIpc) is 3.28. The molecule has 0 saturated heterocycles. The number of hydrogen-bond donors (Lipinski definition) is 1. The lowest BCUT2D eigenvalue weighted by molar-refractivity contribution is 0.626. The summed E-state index contributed by atoms with van der Waals surface area (Å²) < 4.78 is 16.0. The van der Waals surface area contributed by atoms with Crippen LogP contribution >= 0.6 is 11.3 Å². The number of halogens is 1. The van der Waals surface area contributed by atoms with Gasteiger partial charge in [0.1, 0.15) is 18.0 Å². The topological polar surface area (TPSA) is 42.7 Å². The van der Waals surface area contributed by atoms with E-state index in [1.165, 1.54) is 5.56 Å². The molecule has 3 heterocycles. The van der Waals surface area contributed by atoms with Crippen LogP contribution in [0, 0.1) is 19.7 Å². The zero-order chi connectivity index (χ0) is 19.7. The van der Waals surface area contributed by atoms with Gasteiger partial charge in [0.15, 0.2) is 0 Å². The number of nitrogens with zero attached hydrogens (tertiary/aromatic N) is 3. The summed E-state index contributed by atoms with van der Waals surface area (Å²) in [5.74, 6) is 0.605. The molecule has 0 aliphatic carbocycles. The first-order valence-corrected chi connectivity index (χ1v) is 10.3. The van der Waals surface area contributed by atoms with Crippen LogP contribution < -0.4 is 5.32 Å². The fourth-order valence-electron chi connectivity index (χ4n) is 3.50. The number of hydrogen-bond acceptors (Lipinski definition) is 4. The maximum Gasteiger partial charge on any atom is 0.130 e. The van der Waals surface area contributed by atoms with Gasteiger partial charge in [0.05, 0.1) is 16.1 Å². The van der Waals surface area contributed by atoms with E-state index in [2.05, 4.69) is 51.2 Å². The fourth-order valence-corrected chi connectivity index (χ4v) is 4.47. The van der Waals surface area contributed by atoms with E-state index in [4.69, 9.17) is 0 Å². The van der Waals surface area contributed by atoms with Gasteiger partial charge in [0, 0.05) is 30.2 Å². The number of thiophene rings is 1. The number of aryl methyl sites for hydroxylation is 3. The maximum atomic E-state index is 13.9. The Hall–Kier alpha value is -2.73. The molecule has 0 unspecified atom stereocenters. The lowest BCUT2D eigenvalue weighted by atomic mass is 10.1. The Morgan fingerprint density at radius 3 is 2.75 bits per heavy atom. The van der Waals surface area contributed by atoms with E-state index in [1.54, 1.807) is 29.8 Å². The summed E-state index contributed by atoms with van der Waals surface area (Å²) in [6.45, 7) is 7.59. The van der Waals surface area contributed by atoms with Gasteiger partial charge in [0.2, 0.25) is 0 Å². The summed E-state index contributed by atoms with van der Waals surface area (Å²) in [5.41, 5.74) is 5.28. The molecule has 4 rings (SSSR count). The summed E-state index contributed by atoms with van der Waals surface area (Å²) in [6.07, 6.45) is 2.62. The van der Waals surface area contributed by atoms with Gasteiger partial charge in [-0.3, -0.25) is 0 Å². The molecule has 28 heavy (non-hydrogen) atoms. The highest BCUT2D eigenvalue weighted by Crippen LogP contribution is 2.27. The van der Waals surface area contributed by atoms with E-state index < -0.39 is 0 Å². The van der Waals surface area contributed by atoms with Crippen molar-refractivity contribution in [3.8, 4) is 10.6 Å². The quantitative estimate of drug-likeness (QED) is 0.463. The van der Waals surface area contributed by atoms with Crippen molar-refractivity contribution >= 4 is 28.1 Å². The van der Waals surface area contributed by atoms with Crippen LogP contribution in [-0.4, -0.2) is 21.1 Å². The van der Waals surface area contributed by atoms with Crippen molar-refractivity contribution in [2.75, 3.05) is 11.9 Å². The SMILES string of the molecule is CCc1csc(-c2cc(NCCn3c(C)cc4c(C)cc(F)cc43)ncn2)c1. The van der Waals surface area contributed by atoms with E-state index in [1.807, 2.05) is 13.0 Å². The van der Waals surface area contributed by atoms with Crippen LogP contribution in [0.3, 0.4) is 0 Å². The van der Waals surface area contributed by atoms with E-state index in [9.17, 15) is 4.39 Å². The molecular formula is C22H23FN4S. The van der Waals surface area contributed by atoms with Crippen LogP contribution in [0.4, 0.5) is 10.2 Å². The minimum absolute atomic E-state index is 0.194. The number of fused-ring (bicyclic) bond motifs is 1. The third-order valence-electron chi connectivity index (χ3n) is 5.02. The molecule has 4 nitrogen and oxygen atoms in total. The number of benzene rings is 1. The summed E-state index contributed by atoms with van der Waals surface area (Å²) >= 11 is 1.71. The van der Waals surface area contributed by atoms with Crippen LogP contribution in [0.5, 0.6) is 0 Å². The van der Waals surface area contributed by atoms with Gasteiger partial charge in [-0.1, -0.05) is 6.92 Å². The Labute approximate surface area is 168 Å². The molecule has 0 atom stereocenters. The molecule has 1 N–H and O–H groups in total. The number of nitrogens with one attached hydrogen (secondary N) is 1. The molecule has 0 aliphatic rings. The molecule has 0 amide bonds. The first kappa shape index (κ1) is 18.6. The molecular weight excluding hydrogens is 371 g/mol. The second kappa shape index (κ2) is 7.72. The third kappa shape index (κ3) is 3.64. The highest BCUT2D eigenvalue weighted by Gasteiger charge is 2.10. The highest BCUT2D eigenvalue weighted by atomic mass is 32.1. The van der Waals surface area contributed by atoms with E-state index in [0.29, 0.717) is 6.54 Å². The molecule has 0 radical (unpaired) electrons. The second-order valence-electron chi connectivity index (χ2n) is 6.98. The van der Waals surface area contributed by atoms with Gasteiger partial charge in [0.25, 0.3) is 0 Å². The normalized spacial score (nSPS) is 11.3. The lowest BCUT2D eigenvalue weighted by Crippen LogP contribution is -2.12. The summed E-state index contributed by atoms with van der Waals surface area (Å²) in [4.78, 5) is 9.89. The monoisotopic (exact) mass is 394 g/mol. The van der Waals surface area contributed by atoms with Crippen molar-refractivity contribution in [2.45, 2.75) is 33.7 Å². The second-order valence-corrected chi connectivity index (χ2v) is 7.89. The summed E-state index contributed by atoms with van der Waals surface area (Å²) in [7, 11) is 0. The zero-order valence-electron chi connectivity index (χ0n) is 16.3. The molecule has 0 saturated carbocycles. The molecule has 0 fully saturated rings. The Morgan fingerprint density at radius 2 is 1.96 bits per heavy atom. The molecule has 0 spiro atoms. The molecule has 4 aromatic rings. The highest BCUT2D eigenvalue weighted by molar-refractivity contribution is 7.13. The van der Waals surface area contributed by atoms with Crippen molar-refractivity contribution < 1.29 is 4.39 Å². The van der Waals surface area contributed by atoms with Gasteiger partial charge in [-0.15, -0.1) is 11.3 Å². The van der Waals surface area contributed by atoms with E-state index in [-0.39, 0.29) is 5.82 Å². The zero-order valence-corrected chi connectivity index (χ0v) is 17.1. The van der Waals surface area contributed by atoms with Crippen molar-refractivity contribution in [1.82, 2.24) is 14.5 Å². The standard InChI is InChI=1S/C22H23FN4S/c1-4-16-9-21(28-12-16)19-11-22(26-13-25-19)24-5-6-27-15(3)8-18-14(2)7-17(23)10-20(18)27/h7-13H,4-6H2,1-3H3,(H,24,25,26). The maximum absolute atomic E-state index is 13.9. The Bertz CT molecular complexity index is 1130. The first-order valence-electron chi connectivity index (χ1n) is 9.45. The van der Waals surface area contributed by atoms with Crippen molar-refractivity contribution in [2.24, 2.45) is 0 Å². The summed E-state index contributed by atoms with van der Waals surface area (Å²) in [6, 6.07) is 9.48. The van der Waals surface area contributed by atoms with Gasteiger partial charge in [-0.05, 0) is 61.0 Å². The van der Waals surface area contributed by atoms with E-state index in [0.717, 1.165) is 51.5 Å². The number of aromatic nitrogens is 3. The molecule has 1 aromatic carbocycles. The van der Waals surface area contributed by atoms with Gasteiger partial charge in [-0.2, -0.15) is 0 Å². The Balaban J connectivity index is 1.49. The minimum Gasteiger partial charge on any atom is -0.368 e. The lowest BCUT2D eigenvalue weighted by Gasteiger charge is -2.11. The first-order chi connectivity index (χ1) is 13.5. The van der Waals surface area contributed by atoms with Crippen molar-refractivity contribution in [3.63, 3.8) is 0 Å². The van der Waals surface area contributed by atoms with Crippen molar-refractivity contribution in [3.05, 3.63) is 64.7 Å². The van der Waals surface area contributed by atoms with Crippen LogP contribution in [0.25, 0.3) is 21.5 Å². The summed E-state index contributed by atoms with van der Waals surface area (Å²) in [5, 5.41) is 6.65. The molecule has 0 aliphatic heterocycles. The molecule has 144 valence electrons. The molecule has 6 heteroatoms. The van der Waals surface area contributed by atoms with Crippen LogP contribution in [-0.2, 0) is 13.0 Å². The predicted molar refractivity (Wildman–Crippen MR) is 115 cm³/mol. The van der Waals surface area contributed by atoms with Crippen LogP contribution in [0.1, 0.15) is 23.7 Å². The third-order valence-corrected chi connectivity index (χ3v) is 6.02. The van der Waals surface area contributed by atoms with Crippen LogP contribution in [0.15, 0.2) is 42.0 Å². The largest absolute Gasteiger partial charge is 0.368 e. The van der Waals surface area contributed by atoms with Gasteiger partial charge >= 0.3 is 0 Å². The minimum atomic E-state index is -0.194. The Morgan fingerprint density at radius 1 is 1.11 bits per heavy atom. The fraction of sp³-hybridized carbons (Fsp3) is 0.273. The molecule has 0 bridgehead atoms. The van der Waals surface area contributed by atoms with Crippen LogP contribution in [0.2, 0.25) is 0 Å².